The van der Waals surface area contributed by atoms with Crippen molar-refractivity contribution in [2.75, 3.05) is 55.7 Å². The quantitative estimate of drug-likeness (QED) is 0.846. The van der Waals surface area contributed by atoms with Crippen molar-refractivity contribution in [1.82, 2.24) is 14.9 Å². The Bertz CT molecular complexity index is 525. The van der Waals surface area contributed by atoms with E-state index in [1.54, 1.807) is 11.2 Å². The number of hydrogen-bond donors (Lipinski definition) is 0. The zero-order chi connectivity index (χ0) is 16.1. The number of nitrogens with zero attached hydrogens (tertiary/aromatic N) is 5. The Kier molecular flexibility index (Phi) is 5.15. The van der Waals surface area contributed by atoms with Crippen molar-refractivity contribution in [3.05, 3.63) is 12.4 Å². The molecule has 0 bridgehead atoms. The summed E-state index contributed by atoms with van der Waals surface area (Å²) in [6, 6.07) is 2.07. The number of amides is 1. The molecule has 126 valence electrons. The molecule has 2 aliphatic rings. The molecule has 0 unspecified atom stereocenters. The van der Waals surface area contributed by atoms with Gasteiger partial charge >= 0.3 is 6.09 Å². The first kappa shape index (κ1) is 15.8. The molecule has 0 atom stereocenters. The molecular formula is C16H25N5O2. The Hall–Kier alpha value is -2.05. The second-order valence-corrected chi connectivity index (χ2v) is 5.96. The highest BCUT2D eigenvalue weighted by Gasteiger charge is 2.23. The van der Waals surface area contributed by atoms with Crippen LogP contribution in [0, 0.1) is 0 Å². The summed E-state index contributed by atoms with van der Waals surface area (Å²) in [6.45, 7) is 7.29. The van der Waals surface area contributed by atoms with Gasteiger partial charge in [0.1, 0.15) is 18.0 Å². The lowest BCUT2D eigenvalue weighted by Crippen LogP contribution is -2.49. The first-order valence-corrected chi connectivity index (χ1v) is 8.51. The molecule has 1 amide bonds. The Morgan fingerprint density at radius 2 is 1.61 bits per heavy atom. The third-order valence-electron chi connectivity index (χ3n) is 4.45. The van der Waals surface area contributed by atoms with Crippen LogP contribution in [0.1, 0.15) is 26.2 Å². The Morgan fingerprint density at radius 3 is 2.22 bits per heavy atom. The van der Waals surface area contributed by atoms with Crippen LogP contribution in [-0.2, 0) is 4.74 Å². The van der Waals surface area contributed by atoms with Gasteiger partial charge in [-0.15, -0.1) is 0 Å². The number of carbonyl (C=O) groups excluding carboxylic acids is 1. The normalized spacial score (nSPS) is 18.9. The topological polar surface area (TPSA) is 61.8 Å². The van der Waals surface area contributed by atoms with Gasteiger partial charge in [-0.05, 0) is 26.2 Å². The van der Waals surface area contributed by atoms with E-state index in [9.17, 15) is 4.79 Å². The molecule has 7 nitrogen and oxygen atoms in total. The molecular weight excluding hydrogens is 294 g/mol. The number of piperidine rings is 1. The summed E-state index contributed by atoms with van der Waals surface area (Å²) in [5.41, 5.74) is 0. The van der Waals surface area contributed by atoms with Gasteiger partial charge < -0.3 is 19.4 Å². The maximum absolute atomic E-state index is 11.8. The SMILES string of the molecule is CCOC(=O)N1CCN(c2cc(N3CCCCC3)ncn2)CC1. The summed E-state index contributed by atoms with van der Waals surface area (Å²) in [5, 5.41) is 0. The van der Waals surface area contributed by atoms with Crippen LogP contribution in [0.5, 0.6) is 0 Å². The molecule has 0 radical (unpaired) electrons. The number of carbonyl (C=O) groups is 1. The molecule has 0 saturated carbocycles. The lowest BCUT2D eigenvalue weighted by molar-refractivity contribution is 0.105. The predicted molar refractivity (Wildman–Crippen MR) is 88.9 cm³/mol. The van der Waals surface area contributed by atoms with E-state index in [1.807, 2.05) is 6.92 Å². The Morgan fingerprint density at radius 1 is 1.00 bits per heavy atom. The van der Waals surface area contributed by atoms with E-state index in [-0.39, 0.29) is 6.09 Å². The number of hydrogen-bond acceptors (Lipinski definition) is 6. The van der Waals surface area contributed by atoms with Gasteiger partial charge in [-0.3, -0.25) is 0 Å². The van der Waals surface area contributed by atoms with Crippen LogP contribution in [0.2, 0.25) is 0 Å². The highest BCUT2D eigenvalue weighted by atomic mass is 16.6. The highest BCUT2D eigenvalue weighted by molar-refractivity contribution is 5.68. The van der Waals surface area contributed by atoms with Crippen LogP contribution in [0.4, 0.5) is 16.4 Å². The van der Waals surface area contributed by atoms with Gasteiger partial charge in [0.2, 0.25) is 0 Å². The van der Waals surface area contributed by atoms with Crippen LogP contribution in [0.25, 0.3) is 0 Å². The van der Waals surface area contributed by atoms with E-state index >= 15 is 0 Å². The van der Waals surface area contributed by atoms with Crippen molar-refractivity contribution in [1.29, 1.82) is 0 Å². The second kappa shape index (κ2) is 7.48. The molecule has 0 spiro atoms. The predicted octanol–water partition coefficient (Wildman–Crippen LogP) is 1.75. The number of piperazine rings is 1. The van der Waals surface area contributed by atoms with Crippen molar-refractivity contribution in [2.45, 2.75) is 26.2 Å². The van der Waals surface area contributed by atoms with Gasteiger partial charge in [0.15, 0.2) is 0 Å². The van der Waals surface area contributed by atoms with Gasteiger partial charge in [0.05, 0.1) is 6.61 Å². The minimum atomic E-state index is -0.219. The molecule has 0 aliphatic carbocycles. The molecule has 0 aromatic carbocycles. The van der Waals surface area contributed by atoms with Gasteiger partial charge in [0.25, 0.3) is 0 Å². The lowest BCUT2D eigenvalue weighted by Gasteiger charge is -2.35. The molecule has 2 fully saturated rings. The minimum Gasteiger partial charge on any atom is -0.450 e. The fourth-order valence-corrected chi connectivity index (χ4v) is 3.14. The van der Waals surface area contributed by atoms with E-state index in [1.165, 1.54) is 19.3 Å². The molecule has 3 rings (SSSR count). The number of ether oxygens (including phenoxy) is 1. The van der Waals surface area contributed by atoms with Crippen LogP contribution in [0.15, 0.2) is 12.4 Å². The van der Waals surface area contributed by atoms with E-state index in [4.69, 9.17) is 4.74 Å². The van der Waals surface area contributed by atoms with E-state index in [0.29, 0.717) is 19.7 Å². The standard InChI is InChI=1S/C16H25N5O2/c1-2-23-16(22)21-10-8-20(9-11-21)15-12-14(17-13-18-15)19-6-4-3-5-7-19/h12-13H,2-11H2,1H3. The van der Waals surface area contributed by atoms with Crippen LogP contribution in [0.3, 0.4) is 0 Å². The zero-order valence-corrected chi connectivity index (χ0v) is 13.8. The van der Waals surface area contributed by atoms with Crippen LogP contribution < -0.4 is 9.80 Å². The maximum atomic E-state index is 11.8. The molecule has 2 aliphatic heterocycles. The van der Waals surface area contributed by atoms with E-state index in [2.05, 4.69) is 25.8 Å². The number of anilines is 2. The summed E-state index contributed by atoms with van der Waals surface area (Å²) in [7, 11) is 0. The third-order valence-corrected chi connectivity index (χ3v) is 4.45. The van der Waals surface area contributed by atoms with E-state index in [0.717, 1.165) is 37.8 Å². The average Bonchev–Trinajstić information content (AvgIpc) is 2.63. The summed E-state index contributed by atoms with van der Waals surface area (Å²) < 4.78 is 5.06. The third kappa shape index (κ3) is 3.83. The first-order chi connectivity index (χ1) is 11.3. The smallest absolute Gasteiger partial charge is 0.409 e. The lowest BCUT2D eigenvalue weighted by atomic mass is 10.1. The minimum absolute atomic E-state index is 0.219. The monoisotopic (exact) mass is 319 g/mol. The summed E-state index contributed by atoms with van der Waals surface area (Å²) in [5.74, 6) is 1.96. The molecule has 23 heavy (non-hydrogen) atoms. The Balaban J connectivity index is 1.61. The van der Waals surface area contributed by atoms with Gasteiger partial charge in [-0.2, -0.15) is 0 Å². The average molecular weight is 319 g/mol. The number of rotatable bonds is 3. The molecule has 2 saturated heterocycles. The fraction of sp³-hybridized carbons (Fsp3) is 0.688. The van der Waals surface area contributed by atoms with Crippen molar-refractivity contribution in [2.24, 2.45) is 0 Å². The summed E-state index contributed by atoms with van der Waals surface area (Å²) in [4.78, 5) is 26.9. The van der Waals surface area contributed by atoms with Crippen molar-refractivity contribution >= 4 is 17.7 Å². The van der Waals surface area contributed by atoms with Gasteiger partial charge in [0, 0.05) is 45.3 Å². The second-order valence-electron chi connectivity index (χ2n) is 5.96. The van der Waals surface area contributed by atoms with Crippen molar-refractivity contribution < 1.29 is 9.53 Å². The molecule has 3 heterocycles. The molecule has 0 N–H and O–H groups in total. The molecule has 7 heteroatoms. The van der Waals surface area contributed by atoms with Crippen molar-refractivity contribution in [3.8, 4) is 0 Å². The molecule has 1 aromatic rings. The summed E-state index contributed by atoms with van der Waals surface area (Å²) >= 11 is 0. The van der Waals surface area contributed by atoms with Crippen LogP contribution >= 0.6 is 0 Å². The van der Waals surface area contributed by atoms with Crippen molar-refractivity contribution in [3.63, 3.8) is 0 Å². The maximum Gasteiger partial charge on any atom is 0.409 e. The van der Waals surface area contributed by atoms with E-state index < -0.39 is 0 Å². The first-order valence-electron chi connectivity index (χ1n) is 8.51. The number of aromatic nitrogens is 2. The Labute approximate surface area is 137 Å². The van der Waals surface area contributed by atoms with Gasteiger partial charge in [-0.25, -0.2) is 14.8 Å². The largest absolute Gasteiger partial charge is 0.450 e. The zero-order valence-electron chi connectivity index (χ0n) is 13.8. The van der Waals surface area contributed by atoms with Crippen LogP contribution in [-0.4, -0.2) is 66.8 Å². The summed E-state index contributed by atoms with van der Waals surface area (Å²) in [6.07, 6.45) is 5.21. The molecule has 1 aromatic heterocycles. The van der Waals surface area contributed by atoms with Gasteiger partial charge in [-0.1, -0.05) is 0 Å². The fourth-order valence-electron chi connectivity index (χ4n) is 3.14. The highest BCUT2D eigenvalue weighted by Crippen LogP contribution is 2.22.